The first-order chi connectivity index (χ1) is 15.1. The molecule has 0 N–H and O–H groups in total. The van der Waals surface area contributed by atoms with Gasteiger partial charge in [-0.15, -0.1) is 0 Å². The number of nitriles is 1. The molecule has 0 radical (unpaired) electrons. The van der Waals surface area contributed by atoms with E-state index in [1.54, 1.807) is 0 Å². The molecule has 0 amide bonds. The lowest BCUT2D eigenvalue weighted by atomic mass is 9.83. The third kappa shape index (κ3) is 4.19. The summed E-state index contributed by atoms with van der Waals surface area (Å²) >= 11 is 0. The second-order valence-electron chi connectivity index (χ2n) is 10.7. The van der Waals surface area contributed by atoms with Gasteiger partial charge in [0.1, 0.15) is 0 Å². The molecule has 0 aromatic heterocycles. The number of benzene rings is 4. The average Bonchev–Trinajstić information content (AvgIpc) is 2.76. The van der Waals surface area contributed by atoms with Gasteiger partial charge in [0, 0.05) is 0 Å². The second kappa shape index (κ2) is 7.95. The highest BCUT2D eigenvalue weighted by atomic mass is 14.3. The van der Waals surface area contributed by atoms with Gasteiger partial charge in [0.2, 0.25) is 0 Å². The molecule has 0 saturated heterocycles. The van der Waals surface area contributed by atoms with Gasteiger partial charge >= 0.3 is 0 Å². The quantitative estimate of drug-likeness (QED) is 0.320. The molecule has 1 nitrogen and oxygen atoms in total. The first-order valence-corrected chi connectivity index (χ1v) is 11.3. The van der Waals surface area contributed by atoms with Crippen LogP contribution in [0, 0.1) is 11.3 Å². The van der Waals surface area contributed by atoms with Gasteiger partial charge in [-0.2, -0.15) is 5.26 Å². The van der Waals surface area contributed by atoms with Crippen molar-refractivity contribution in [3.8, 4) is 28.3 Å². The molecule has 0 spiro atoms. The van der Waals surface area contributed by atoms with Crippen LogP contribution >= 0.6 is 0 Å². The fourth-order valence-corrected chi connectivity index (χ4v) is 4.33. The van der Waals surface area contributed by atoms with Crippen molar-refractivity contribution in [3.63, 3.8) is 0 Å². The number of rotatable bonds is 2. The highest BCUT2D eigenvalue weighted by Crippen LogP contribution is 2.35. The van der Waals surface area contributed by atoms with Crippen molar-refractivity contribution < 1.29 is 0 Å². The topological polar surface area (TPSA) is 23.8 Å². The fourth-order valence-electron chi connectivity index (χ4n) is 4.33. The van der Waals surface area contributed by atoms with Gasteiger partial charge in [0.25, 0.3) is 0 Å². The maximum atomic E-state index is 9.72. The van der Waals surface area contributed by atoms with Crippen LogP contribution in [0.3, 0.4) is 0 Å². The molecule has 1 heteroatoms. The van der Waals surface area contributed by atoms with Crippen LogP contribution in [0.5, 0.6) is 0 Å². The number of hydrogen-bond acceptors (Lipinski definition) is 1. The number of nitrogens with zero attached hydrogens (tertiary/aromatic N) is 1. The van der Waals surface area contributed by atoms with Gasteiger partial charge < -0.3 is 0 Å². The Morgan fingerprint density at radius 2 is 1.31 bits per heavy atom. The van der Waals surface area contributed by atoms with Crippen molar-refractivity contribution in [1.82, 2.24) is 0 Å². The summed E-state index contributed by atoms with van der Waals surface area (Å²) in [6, 6.07) is 30.4. The Morgan fingerprint density at radius 1 is 0.625 bits per heavy atom. The molecule has 0 heterocycles. The molecular formula is C31H31N. The third-order valence-corrected chi connectivity index (χ3v) is 6.20. The molecular weight excluding hydrogens is 386 g/mol. The minimum atomic E-state index is 0.0312. The molecule has 0 aliphatic carbocycles. The highest BCUT2D eigenvalue weighted by Gasteiger charge is 2.18. The molecule has 4 aromatic carbocycles. The van der Waals surface area contributed by atoms with Gasteiger partial charge in [0.15, 0.2) is 0 Å². The molecule has 32 heavy (non-hydrogen) atoms. The van der Waals surface area contributed by atoms with E-state index in [0.717, 1.165) is 16.7 Å². The Kier molecular flexibility index (Phi) is 5.43. The van der Waals surface area contributed by atoms with E-state index >= 15 is 0 Å². The molecule has 0 fully saturated rings. The third-order valence-electron chi connectivity index (χ3n) is 6.20. The van der Waals surface area contributed by atoms with Gasteiger partial charge in [-0.1, -0.05) is 96.1 Å². The SMILES string of the molecule is CC(C)(C)c1ccc(C#N)c(-c2cccc(-c3ccc4c(C(C)(C)C)cccc4c3)c2)c1. The lowest BCUT2D eigenvalue weighted by molar-refractivity contribution is 0.590. The molecule has 0 atom stereocenters. The zero-order valence-electron chi connectivity index (χ0n) is 20.0. The van der Waals surface area contributed by atoms with Gasteiger partial charge in [-0.05, 0) is 79.2 Å². The molecule has 0 saturated carbocycles. The van der Waals surface area contributed by atoms with Crippen molar-refractivity contribution in [2.75, 3.05) is 0 Å². The monoisotopic (exact) mass is 417 g/mol. The summed E-state index contributed by atoms with van der Waals surface area (Å²) in [5.74, 6) is 0. The predicted molar refractivity (Wildman–Crippen MR) is 137 cm³/mol. The minimum Gasteiger partial charge on any atom is -0.192 e. The van der Waals surface area contributed by atoms with Crippen molar-refractivity contribution in [2.24, 2.45) is 0 Å². The summed E-state index contributed by atoms with van der Waals surface area (Å²) in [7, 11) is 0. The molecule has 160 valence electrons. The zero-order valence-corrected chi connectivity index (χ0v) is 20.0. The number of fused-ring (bicyclic) bond motifs is 1. The molecule has 0 aliphatic heterocycles. The van der Waals surface area contributed by atoms with Crippen LogP contribution in [0.25, 0.3) is 33.0 Å². The van der Waals surface area contributed by atoms with Crippen molar-refractivity contribution in [2.45, 2.75) is 52.4 Å². The molecule has 0 unspecified atom stereocenters. The van der Waals surface area contributed by atoms with E-state index in [1.165, 1.54) is 27.5 Å². The first kappa shape index (κ1) is 21.8. The van der Waals surface area contributed by atoms with E-state index in [1.807, 2.05) is 6.07 Å². The van der Waals surface area contributed by atoms with Gasteiger partial charge in [-0.25, -0.2) is 0 Å². The average molecular weight is 418 g/mol. The largest absolute Gasteiger partial charge is 0.192 e. The van der Waals surface area contributed by atoms with Crippen LogP contribution in [0.1, 0.15) is 58.2 Å². The van der Waals surface area contributed by atoms with E-state index in [2.05, 4.69) is 120 Å². The van der Waals surface area contributed by atoms with E-state index in [0.29, 0.717) is 5.56 Å². The zero-order chi connectivity index (χ0) is 23.1. The standard InChI is InChI=1S/C31H31N/c1-30(2,3)26-15-13-25(20-32)28(19-26)24-10-7-9-21(17-24)22-14-16-27-23(18-22)11-8-12-29(27)31(4,5)6/h7-19H,1-6H3. The Labute approximate surface area is 192 Å². The van der Waals surface area contributed by atoms with Crippen molar-refractivity contribution in [1.29, 1.82) is 5.26 Å². The highest BCUT2D eigenvalue weighted by molar-refractivity contribution is 5.91. The summed E-state index contributed by atoms with van der Waals surface area (Å²) in [6.45, 7) is 13.4. The Morgan fingerprint density at radius 3 is 2.00 bits per heavy atom. The molecule has 0 aliphatic rings. The minimum absolute atomic E-state index is 0.0312. The van der Waals surface area contributed by atoms with Crippen LogP contribution in [-0.4, -0.2) is 0 Å². The van der Waals surface area contributed by atoms with E-state index in [-0.39, 0.29) is 10.8 Å². The number of hydrogen-bond donors (Lipinski definition) is 0. The van der Waals surface area contributed by atoms with Crippen LogP contribution in [0.15, 0.2) is 78.9 Å². The maximum absolute atomic E-state index is 9.72. The van der Waals surface area contributed by atoms with Gasteiger partial charge in [-0.3, -0.25) is 0 Å². The summed E-state index contributed by atoms with van der Waals surface area (Å²) in [6.07, 6.45) is 0. The maximum Gasteiger partial charge on any atom is 0.0998 e. The first-order valence-electron chi connectivity index (χ1n) is 11.3. The summed E-state index contributed by atoms with van der Waals surface area (Å²) in [5.41, 5.74) is 7.88. The van der Waals surface area contributed by atoms with Crippen LogP contribution in [0.4, 0.5) is 0 Å². The Balaban J connectivity index is 1.83. The van der Waals surface area contributed by atoms with E-state index < -0.39 is 0 Å². The smallest absolute Gasteiger partial charge is 0.0998 e. The summed E-state index contributed by atoms with van der Waals surface area (Å²) in [5, 5.41) is 12.3. The normalized spacial score (nSPS) is 12.0. The van der Waals surface area contributed by atoms with E-state index in [9.17, 15) is 5.26 Å². The van der Waals surface area contributed by atoms with Crippen LogP contribution in [0.2, 0.25) is 0 Å². The van der Waals surface area contributed by atoms with Crippen LogP contribution in [-0.2, 0) is 10.8 Å². The fraction of sp³-hybridized carbons (Fsp3) is 0.258. The predicted octanol–water partition coefficient (Wildman–Crippen LogP) is 8.64. The second-order valence-corrected chi connectivity index (χ2v) is 10.7. The molecule has 0 bridgehead atoms. The van der Waals surface area contributed by atoms with E-state index in [4.69, 9.17) is 0 Å². The van der Waals surface area contributed by atoms with Crippen molar-refractivity contribution >= 4 is 10.8 Å². The summed E-state index contributed by atoms with van der Waals surface area (Å²) < 4.78 is 0. The lowest BCUT2D eigenvalue weighted by Gasteiger charge is -2.21. The van der Waals surface area contributed by atoms with Crippen molar-refractivity contribution in [3.05, 3.63) is 95.6 Å². The lowest BCUT2D eigenvalue weighted by Crippen LogP contribution is -2.11. The molecule has 4 rings (SSSR count). The summed E-state index contributed by atoms with van der Waals surface area (Å²) in [4.78, 5) is 0. The van der Waals surface area contributed by atoms with Crippen LogP contribution < -0.4 is 0 Å². The Bertz CT molecular complexity index is 1340. The Hall–Kier alpha value is -3.37. The molecule has 4 aromatic rings. The van der Waals surface area contributed by atoms with Gasteiger partial charge in [0.05, 0.1) is 11.6 Å².